The molecule has 0 amide bonds. The molecule has 1 aromatic carbocycles. The van der Waals surface area contributed by atoms with Gasteiger partial charge in [0.25, 0.3) is 0 Å². The lowest BCUT2D eigenvalue weighted by Gasteiger charge is -2.62. The van der Waals surface area contributed by atoms with Crippen molar-refractivity contribution in [2.45, 2.75) is 97.2 Å². The molecular weight excluding hydrogens is 478 g/mol. The van der Waals surface area contributed by atoms with Crippen molar-refractivity contribution in [2.24, 2.45) is 46.3 Å². The summed E-state index contributed by atoms with van der Waals surface area (Å²) in [4.78, 5) is 17.3. The number of benzene rings is 1. The number of aryl methyl sites for hydroxylation is 1. The van der Waals surface area contributed by atoms with Gasteiger partial charge < -0.3 is 19.4 Å². The number of fused-ring (bicyclic) bond motifs is 6. The largest absolute Gasteiger partial charge is 0.494 e. The van der Waals surface area contributed by atoms with Crippen LogP contribution in [0.2, 0.25) is 0 Å². The zero-order valence-corrected chi connectivity index (χ0v) is 23.5. The second kappa shape index (κ2) is 9.62. The van der Waals surface area contributed by atoms with Crippen LogP contribution in [0.1, 0.15) is 84.4 Å². The van der Waals surface area contributed by atoms with Gasteiger partial charge >= 0.3 is 5.63 Å². The van der Waals surface area contributed by atoms with Crippen LogP contribution in [0.25, 0.3) is 10.9 Å². The first-order valence-corrected chi connectivity index (χ1v) is 15.0. The van der Waals surface area contributed by atoms with E-state index in [4.69, 9.17) is 9.15 Å². The van der Waals surface area contributed by atoms with Crippen LogP contribution in [0.3, 0.4) is 0 Å². The summed E-state index contributed by atoms with van der Waals surface area (Å²) in [7, 11) is 1.60. The molecule has 0 radical (unpaired) electrons. The molecule has 38 heavy (non-hydrogen) atoms. The van der Waals surface area contributed by atoms with E-state index in [1.54, 1.807) is 19.2 Å². The second-order valence-electron chi connectivity index (χ2n) is 13.7. The van der Waals surface area contributed by atoms with Gasteiger partial charge in [-0.1, -0.05) is 26.8 Å². The van der Waals surface area contributed by atoms with E-state index in [0.717, 1.165) is 32.1 Å². The first-order chi connectivity index (χ1) is 18.2. The molecule has 0 saturated heterocycles. The van der Waals surface area contributed by atoms with Crippen LogP contribution in [0.15, 0.2) is 27.4 Å². The van der Waals surface area contributed by atoms with E-state index in [0.29, 0.717) is 64.5 Å². The van der Waals surface area contributed by atoms with Crippen LogP contribution < -0.4 is 10.4 Å². The first-order valence-electron chi connectivity index (χ1n) is 15.0. The second-order valence-corrected chi connectivity index (χ2v) is 13.7. The molecule has 6 rings (SSSR count). The first kappa shape index (κ1) is 26.3. The number of aromatic nitrogens is 1. The zero-order valence-electron chi connectivity index (χ0n) is 23.5. The summed E-state index contributed by atoms with van der Waals surface area (Å²) in [5.41, 5.74) is 0.721. The SMILES string of the molecule is COc1cccc2c(=O)oc(CC[C@@H](C)[C@H]3CC[C@H]4[C@H]5C(CC[C@]34C)[C@@]3(C)CC[C@@H](O)C[C@H]3C[C@@H]5O)nc12. The van der Waals surface area contributed by atoms with E-state index in [-0.39, 0.29) is 28.7 Å². The molecule has 4 aliphatic carbocycles. The third kappa shape index (κ3) is 4.04. The predicted octanol–water partition coefficient (Wildman–Crippen LogP) is 5.76. The minimum atomic E-state index is -0.351. The molecule has 0 spiro atoms. The molecule has 1 heterocycles. The normalized spacial score (nSPS) is 41.3. The fourth-order valence-electron chi connectivity index (χ4n) is 10.1. The highest BCUT2D eigenvalue weighted by atomic mass is 16.5. The maximum atomic E-state index is 12.6. The summed E-state index contributed by atoms with van der Waals surface area (Å²) >= 11 is 0. The average molecular weight is 524 g/mol. The van der Waals surface area contributed by atoms with Crippen molar-refractivity contribution in [2.75, 3.05) is 7.11 Å². The quantitative estimate of drug-likeness (QED) is 0.518. The molecule has 10 atom stereocenters. The molecule has 1 unspecified atom stereocenters. The average Bonchev–Trinajstić information content (AvgIpc) is 3.25. The van der Waals surface area contributed by atoms with E-state index < -0.39 is 0 Å². The van der Waals surface area contributed by atoms with Gasteiger partial charge in [-0.15, -0.1) is 0 Å². The number of ether oxygens (including phenoxy) is 1. The van der Waals surface area contributed by atoms with Crippen molar-refractivity contribution in [3.05, 3.63) is 34.5 Å². The van der Waals surface area contributed by atoms with Gasteiger partial charge in [0, 0.05) is 6.42 Å². The molecular formula is C32H45NO5. The molecule has 0 bridgehead atoms. The number of hydrogen-bond donors (Lipinski definition) is 2. The number of aliphatic hydroxyl groups excluding tert-OH is 2. The Bertz CT molecular complexity index is 1240. The molecule has 1 aromatic heterocycles. The molecule has 208 valence electrons. The van der Waals surface area contributed by atoms with Crippen LogP contribution >= 0.6 is 0 Å². The van der Waals surface area contributed by atoms with Crippen molar-refractivity contribution >= 4 is 10.9 Å². The van der Waals surface area contributed by atoms with E-state index in [9.17, 15) is 15.0 Å². The van der Waals surface area contributed by atoms with Gasteiger partial charge in [-0.05, 0) is 116 Å². The molecule has 0 aliphatic heterocycles. The van der Waals surface area contributed by atoms with Gasteiger partial charge in [0.1, 0.15) is 11.3 Å². The van der Waals surface area contributed by atoms with Gasteiger partial charge in [0.05, 0.1) is 24.7 Å². The van der Waals surface area contributed by atoms with Gasteiger partial charge in [-0.25, -0.2) is 9.78 Å². The molecule has 4 saturated carbocycles. The summed E-state index contributed by atoms with van der Waals surface area (Å²) < 4.78 is 11.1. The van der Waals surface area contributed by atoms with Crippen molar-refractivity contribution in [3.63, 3.8) is 0 Å². The van der Waals surface area contributed by atoms with E-state index in [1.165, 1.54) is 25.7 Å². The Morgan fingerprint density at radius 2 is 1.84 bits per heavy atom. The number of aliphatic hydroxyl groups is 2. The fraction of sp³-hybridized carbons (Fsp3) is 0.750. The van der Waals surface area contributed by atoms with E-state index in [1.807, 2.05) is 6.07 Å². The molecule has 6 heteroatoms. The smallest absolute Gasteiger partial charge is 0.346 e. The summed E-state index contributed by atoms with van der Waals surface area (Å²) in [6.45, 7) is 7.35. The maximum Gasteiger partial charge on any atom is 0.346 e. The van der Waals surface area contributed by atoms with Crippen molar-refractivity contribution < 1.29 is 19.4 Å². The molecule has 6 nitrogen and oxygen atoms in total. The van der Waals surface area contributed by atoms with E-state index in [2.05, 4.69) is 25.8 Å². The number of hydrogen-bond acceptors (Lipinski definition) is 6. The predicted molar refractivity (Wildman–Crippen MR) is 147 cm³/mol. The van der Waals surface area contributed by atoms with E-state index >= 15 is 0 Å². The lowest BCUT2D eigenvalue weighted by Crippen LogP contribution is -2.58. The Hall–Kier alpha value is -1.92. The highest BCUT2D eigenvalue weighted by Crippen LogP contribution is 2.68. The Kier molecular flexibility index (Phi) is 6.66. The molecule has 2 aromatic rings. The van der Waals surface area contributed by atoms with Crippen LogP contribution in [-0.4, -0.2) is 34.5 Å². The van der Waals surface area contributed by atoms with Gasteiger partial charge in [-0.2, -0.15) is 0 Å². The van der Waals surface area contributed by atoms with Gasteiger partial charge in [0.2, 0.25) is 0 Å². The summed E-state index contributed by atoms with van der Waals surface area (Å²) in [5.74, 6) is 4.14. The van der Waals surface area contributed by atoms with Crippen LogP contribution in [-0.2, 0) is 6.42 Å². The van der Waals surface area contributed by atoms with Crippen molar-refractivity contribution in [1.82, 2.24) is 4.98 Å². The van der Waals surface area contributed by atoms with Crippen LogP contribution in [0.4, 0.5) is 0 Å². The zero-order chi connectivity index (χ0) is 26.8. The molecule has 4 fully saturated rings. The third-order valence-corrected chi connectivity index (χ3v) is 12.1. The number of para-hydroxylation sites is 1. The minimum absolute atomic E-state index is 0.190. The van der Waals surface area contributed by atoms with Crippen molar-refractivity contribution in [1.29, 1.82) is 0 Å². The Balaban J connectivity index is 1.19. The highest BCUT2D eigenvalue weighted by Gasteiger charge is 2.62. The highest BCUT2D eigenvalue weighted by molar-refractivity contribution is 5.83. The topological polar surface area (TPSA) is 92.8 Å². The fourth-order valence-corrected chi connectivity index (χ4v) is 10.1. The minimum Gasteiger partial charge on any atom is -0.494 e. The van der Waals surface area contributed by atoms with Gasteiger partial charge in [-0.3, -0.25) is 0 Å². The maximum absolute atomic E-state index is 12.6. The van der Waals surface area contributed by atoms with Gasteiger partial charge in [0.15, 0.2) is 5.89 Å². The third-order valence-electron chi connectivity index (χ3n) is 12.1. The monoisotopic (exact) mass is 523 g/mol. The number of rotatable bonds is 5. The Morgan fingerprint density at radius 1 is 1.08 bits per heavy atom. The Morgan fingerprint density at radius 3 is 2.63 bits per heavy atom. The molecule has 4 aliphatic rings. The Labute approximate surface area is 226 Å². The van der Waals surface area contributed by atoms with Crippen molar-refractivity contribution in [3.8, 4) is 5.75 Å². The molecule has 2 N–H and O–H groups in total. The van der Waals surface area contributed by atoms with Crippen LogP contribution in [0.5, 0.6) is 5.75 Å². The standard InChI is InChI=1S/C32H45NO5/c1-18(8-11-27-33-29-21(30(36)38-27)6-5-7-26(29)37-4)22-9-10-23-28-24(13-15-32(22,23)3)31(2)14-12-20(34)16-19(31)17-25(28)35/h5-7,18-20,22-25,28,34-35H,8-17H2,1-4H3/t18-,19+,20-,22-,23+,24?,25+,28+,31+,32-/m1/s1. The lowest BCUT2D eigenvalue weighted by molar-refractivity contribution is -0.174. The summed E-state index contributed by atoms with van der Waals surface area (Å²) in [6, 6.07) is 5.35. The summed E-state index contributed by atoms with van der Waals surface area (Å²) in [5, 5.41) is 22.3. The number of methoxy groups -OCH3 is 1. The summed E-state index contributed by atoms with van der Waals surface area (Å²) in [6.07, 6.45) is 9.71. The van der Waals surface area contributed by atoms with Crippen LogP contribution in [0, 0.1) is 46.3 Å². The number of nitrogens with zero attached hydrogens (tertiary/aromatic N) is 1. The lowest BCUT2D eigenvalue weighted by atomic mass is 9.43.